The molecule has 158 valence electrons. The van der Waals surface area contributed by atoms with Crippen LogP contribution in [0.15, 0.2) is 0 Å². The molecule has 5 heteroatoms. The molecule has 26 heavy (non-hydrogen) atoms. The van der Waals surface area contributed by atoms with Gasteiger partial charge in [-0.15, -0.1) is 0 Å². The van der Waals surface area contributed by atoms with Gasteiger partial charge in [0.2, 0.25) is 0 Å². The van der Waals surface area contributed by atoms with E-state index in [-0.39, 0.29) is 0 Å². The minimum absolute atomic E-state index is 0.475. The molecular weight excluding hydrogens is 347 g/mol. The number of phosphoric ester groups is 1. The number of hydrogen-bond donors (Lipinski definition) is 0. The van der Waals surface area contributed by atoms with Crippen molar-refractivity contribution in [3.05, 3.63) is 0 Å². The third-order valence-corrected chi connectivity index (χ3v) is 8.55. The lowest BCUT2D eigenvalue weighted by molar-refractivity contribution is -0.0777. The first-order chi connectivity index (χ1) is 12.2. The van der Waals surface area contributed by atoms with E-state index in [1.807, 2.05) is 0 Å². The van der Waals surface area contributed by atoms with E-state index in [0.717, 1.165) is 57.8 Å². The van der Waals surface area contributed by atoms with E-state index in [0.29, 0.717) is 0 Å². The Labute approximate surface area is 163 Å². The van der Waals surface area contributed by atoms with Gasteiger partial charge >= 0.3 is 7.82 Å². The predicted octanol–water partition coefficient (Wildman–Crippen LogP) is 8.05. The van der Waals surface area contributed by atoms with E-state index in [2.05, 4.69) is 62.3 Å². The molecule has 0 bridgehead atoms. The summed E-state index contributed by atoms with van der Waals surface area (Å²) in [7, 11) is -3.73. The third kappa shape index (κ3) is 6.33. The number of hydrogen-bond acceptors (Lipinski definition) is 4. The van der Waals surface area contributed by atoms with Crippen LogP contribution in [0, 0.1) is 0 Å². The summed E-state index contributed by atoms with van der Waals surface area (Å²) in [6, 6.07) is 0. The summed E-state index contributed by atoms with van der Waals surface area (Å²) in [4.78, 5) is 0. The van der Waals surface area contributed by atoms with Crippen LogP contribution in [0.5, 0.6) is 0 Å². The molecule has 0 aliphatic rings. The summed E-state index contributed by atoms with van der Waals surface area (Å²) in [5, 5.41) is 0. The van der Waals surface area contributed by atoms with Crippen LogP contribution < -0.4 is 0 Å². The van der Waals surface area contributed by atoms with Crippen LogP contribution in [0.3, 0.4) is 0 Å². The normalized spacial score (nSPS) is 14.0. The molecule has 0 saturated carbocycles. The fraction of sp³-hybridized carbons (Fsp3) is 1.00. The summed E-state index contributed by atoms with van der Waals surface area (Å²) in [5.41, 5.74) is -1.42. The Bertz CT molecular complexity index is 337. The summed E-state index contributed by atoms with van der Waals surface area (Å²) in [6.07, 6.45) is 7.05. The van der Waals surface area contributed by atoms with Crippen molar-refractivity contribution in [1.82, 2.24) is 0 Å². The summed E-state index contributed by atoms with van der Waals surface area (Å²) < 4.78 is 32.9. The molecule has 0 aliphatic carbocycles. The topological polar surface area (TPSA) is 44.8 Å². The average molecular weight is 393 g/mol. The van der Waals surface area contributed by atoms with Crippen LogP contribution in [0.1, 0.15) is 120 Å². The molecule has 0 radical (unpaired) electrons. The van der Waals surface area contributed by atoms with E-state index in [9.17, 15) is 4.57 Å². The van der Waals surface area contributed by atoms with Gasteiger partial charge in [-0.05, 0) is 57.8 Å². The molecular formula is C21H45O4P. The van der Waals surface area contributed by atoms with Crippen LogP contribution in [-0.2, 0) is 18.1 Å². The Morgan fingerprint density at radius 3 is 0.731 bits per heavy atom. The zero-order valence-corrected chi connectivity index (χ0v) is 19.8. The summed E-state index contributed by atoms with van der Waals surface area (Å²) in [6.45, 7) is 18.7. The molecule has 0 unspecified atom stereocenters. The van der Waals surface area contributed by atoms with Gasteiger partial charge in [-0.25, -0.2) is 4.57 Å². The Kier molecular flexibility index (Phi) is 11.2. The van der Waals surface area contributed by atoms with Gasteiger partial charge in [0.1, 0.15) is 0 Å². The van der Waals surface area contributed by atoms with Gasteiger partial charge in [-0.3, -0.25) is 13.6 Å². The van der Waals surface area contributed by atoms with Crippen molar-refractivity contribution in [2.75, 3.05) is 0 Å². The lowest BCUT2D eigenvalue weighted by Gasteiger charge is -2.42. The molecule has 0 N–H and O–H groups in total. The minimum Gasteiger partial charge on any atom is -0.280 e. The fourth-order valence-corrected chi connectivity index (χ4v) is 6.30. The standard InChI is InChI=1S/C21H45O4P/c1-10-19(11-2,12-3)23-26(22,24-20(13-4,14-5)15-6)25-21(16-7,17-8)18-9/h10-18H2,1-9H3. The van der Waals surface area contributed by atoms with Crippen LogP contribution >= 0.6 is 7.82 Å². The van der Waals surface area contributed by atoms with E-state index in [1.54, 1.807) is 0 Å². The fourth-order valence-electron chi connectivity index (χ4n) is 3.60. The summed E-state index contributed by atoms with van der Waals surface area (Å²) >= 11 is 0. The molecule has 0 amide bonds. The number of rotatable bonds is 15. The maximum atomic E-state index is 14.0. The Balaban J connectivity index is 6.04. The molecule has 0 aromatic rings. The molecule has 0 fully saturated rings. The zero-order chi connectivity index (χ0) is 20.5. The molecule has 0 aliphatic heterocycles. The molecule has 0 atom stereocenters. The van der Waals surface area contributed by atoms with E-state index >= 15 is 0 Å². The van der Waals surface area contributed by atoms with Gasteiger partial charge < -0.3 is 0 Å². The second-order valence-corrected chi connectivity index (χ2v) is 8.89. The lowest BCUT2D eigenvalue weighted by atomic mass is 9.95. The smallest absolute Gasteiger partial charge is 0.280 e. The van der Waals surface area contributed by atoms with Crippen LogP contribution in [0.4, 0.5) is 0 Å². The van der Waals surface area contributed by atoms with Gasteiger partial charge in [0, 0.05) is 0 Å². The highest BCUT2D eigenvalue weighted by Crippen LogP contribution is 2.61. The first-order valence-electron chi connectivity index (χ1n) is 10.9. The highest BCUT2D eigenvalue weighted by atomic mass is 31.2. The molecule has 0 spiro atoms. The summed E-state index contributed by atoms with van der Waals surface area (Å²) in [5.74, 6) is 0. The van der Waals surface area contributed by atoms with E-state index in [4.69, 9.17) is 13.6 Å². The number of phosphoric acid groups is 1. The monoisotopic (exact) mass is 392 g/mol. The van der Waals surface area contributed by atoms with E-state index in [1.165, 1.54) is 0 Å². The lowest BCUT2D eigenvalue weighted by Crippen LogP contribution is -2.38. The molecule has 4 nitrogen and oxygen atoms in total. The van der Waals surface area contributed by atoms with Gasteiger partial charge in [0.05, 0.1) is 16.8 Å². The Morgan fingerprint density at radius 2 is 0.615 bits per heavy atom. The van der Waals surface area contributed by atoms with Gasteiger partial charge in [0.25, 0.3) is 0 Å². The average Bonchev–Trinajstić information content (AvgIpc) is 2.69. The minimum atomic E-state index is -3.73. The zero-order valence-electron chi connectivity index (χ0n) is 18.9. The van der Waals surface area contributed by atoms with Crippen molar-refractivity contribution in [2.24, 2.45) is 0 Å². The second kappa shape index (κ2) is 11.2. The largest absolute Gasteiger partial charge is 0.476 e. The van der Waals surface area contributed by atoms with Gasteiger partial charge in [-0.1, -0.05) is 62.3 Å². The Hall–Kier alpha value is 0.110. The van der Waals surface area contributed by atoms with Crippen molar-refractivity contribution in [3.8, 4) is 0 Å². The molecule has 0 aromatic carbocycles. The van der Waals surface area contributed by atoms with Crippen molar-refractivity contribution in [3.63, 3.8) is 0 Å². The molecule has 0 rings (SSSR count). The predicted molar refractivity (Wildman–Crippen MR) is 112 cm³/mol. The van der Waals surface area contributed by atoms with Crippen molar-refractivity contribution < 1.29 is 18.1 Å². The first kappa shape index (κ1) is 26.1. The molecule has 0 saturated heterocycles. The van der Waals surface area contributed by atoms with Crippen molar-refractivity contribution in [2.45, 2.75) is 137 Å². The van der Waals surface area contributed by atoms with Crippen molar-refractivity contribution in [1.29, 1.82) is 0 Å². The van der Waals surface area contributed by atoms with Crippen molar-refractivity contribution >= 4 is 7.82 Å². The highest BCUT2D eigenvalue weighted by molar-refractivity contribution is 7.48. The quantitative estimate of drug-likeness (QED) is 0.264. The van der Waals surface area contributed by atoms with Crippen LogP contribution in [0.2, 0.25) is 0 Å². The van der Waals surface area contributed by atoms with Crippen LogP contribution in [-0.4, -0.2) is 16.8 Å². The molecule has 0 heterocycles. The first-order valence-corrected chi connectivity index (χ1v) is 12.3. The Morgan fingerprint density at radius 1 is 0.462 bits per heavy atom. The maximum Gasteiger partial charge on any atom is 0.476 e. The van der Waals surface area contributed by atoms with Gasteiger partial charge in [0.15, 0.2) is 0 Å². The van der Waals surface area contributed by atoms with E-state index < -0.39 is 24.6 Å². The molecule has 0 aromatic heterocycles. The SMILES string of the molecule is CCC(CC)(CC)OP(=O)(OC(CC)(CC)CC)OC(CC)(CC)CC. The third-order valence-electron chi connectivity index (χ3n) is 6.72. The maximum absolute atomic E-state index is 14.0. The van der Waals surface area contributed by atoms with Gasteiger partial charge in [-0.2, -0.15) is 0 Å². The highest BCUT2D eigenvalue weighted by Gasteiger charge is 2.47. The second-order valence-electron chi connectivity index (χ2n) is 7.45. The van der Waals surface area contributed by atoms with Crippen LogP contribution in [0.25, 0.3) is 0 Å².